The Bertz CT molecular complexity index is 475. The number of methoxy groups -OCH3 is 1. The van der Waals surface area contributed by atoms with Gasteiger partial charge in [-0.05, 0) is 30.4 Å². The fourth-order valence-corrected chi connectivity index (χ4v) is 2.18. The first-order valence-electron chi connectivity index (χ1n) is 7.31. The van der Waals surface area contributed by atoms with Crippen LogP contribution in [-0.2, 0) is 11.2 Å². The number of hydrogen-bond donors (Lipinski definition) is 1. The lowest BCUT2D eigenvalue weighted by Crippen LogP contribution is -2.34. The molecule has 0 aliphatic rings. The molecular weight excluding hydrogens is 288 g/mol. The van der Waals surface area contributed by atoms with Crippen LogP contribution in [0.2, 0.25) is 5.15 Å². The van der Waals surface area contributed by atoms with Gasteiger partial charge in [0.05, 0.1) is 0 Å². The molecule has 5 heteroatoms. The second-order valence-corrected chi connectivity index (χ2v) is 6.40. The van der Waals surface area contributed by atoms with Crippen LogP contribution in [-0.4, -0.2) is 31.2 Å². The molecule has 1 heterocycles. The summed E-state index contributed by atoms with van der Waals surface area (Å²) in [6, 6.07) is 3.42. The van der Waals surface area contributed by atoms with Crippen molar-refractivity contribution in [3.8, 4) is 0 Å². The number of nitrogens with one attached hydrogen (secondary N) is 1. The average molecular weight is 313 g/mol. The number of hydrogen-bond acceptors (Lipinski definition) is 3. The molecular formula is C16H25ClN2O2. The van der Waals surface area contributed by atoms with E-state index in [4.69, 9.17) is 16.3 Å². The second-order valence-electron chi connectivity index (χ2n) is 6.01. The fourth-order valence-electron chi connectivity index (χ4n) is 1.95. The zero-order valence-electron chi connectivity index (χ0n) is 13.3. The fraction of sp³-hybridized carbons (Fsp3) is 0.625. The minimum absolute atomic E-state index is 0.00521. The summed E-state index contributed by atoms with van der Waals surface area (Å²) in [6.07, 6.45) is 2.68. The van der Waals surface area contributed by atoms with Crippen molar-refractivity contribution in [1.29, 1.82) is 0 Å². The van der Waals surface area contributed by atoms with Crippen molar-refractivity contribution in [3.63, 3.8) is 0 Å². The Balaban J connectivity index is 2.67. The minimum Gasteiger partial charge on any atom is -0.385 e. The smallest absolute Gasteiger partial charge is 0.251 e. The number of ether oxygens (including phenoxy) is 1. The summed E-state index contributed by atoms with van der Waals surface area (Å²) in [5.41, 5.74) is 1.42. The van der Waals surface area contributed by atoms with E-state index in [2.05, 4.69) is 31.1 Å². The third-order valence-electron chi connectivity index (χ3n) is 3.33. The SMILES string of the molecule is CCCc1cc(C(=O)NCC(C)(C)CCOC)cc(Cl)n1. The molecule has 0 fully saturated rings. The molecule has 21 heavy (non-hydrogen) atoms. The second kappa shape index (κ2) is 8.35. The van der Waals surface area contributed by atoms with Crippen molar-refractivity contribution >= 4 is 17.5 Å². The van der Waals surface area contributed by atoms with Crippen molar-refractivity contribution in [2.75, 3.05) is 20.3 Å². The van der Waals surface area contributed by atoms with E-state index in [9.17, 15) is 4.79 Å². The molecule has 0 saturated heterocycles. The van der Waals surface area contributed by atoms with Crippen molar-refractivity contribution in [2.24, 2.45) is 5.41 Å². The summed E-state index contributed by atoms with van der Waals surface area (Å²) < 4.78 is 5.09. The van der Waals surface area contributed by atoms with Gasteiger partial charge >= 0.3 is 0 Å². The number of halogens is 1. The molecule has 1 rings (SSSR count). The first-order valence-corrected chi connectivity index (χ1v) is 7.69. The molecule has 0 atom stereocenters. The van der Waals surface area contributed by atoms with Gasteiger partial charge in [0.15, 0.2) is 0 Å². The van der Waals surface area contributed by atoms with E-state index < -0.39 is 0 Å². The van der Waals surface area contributed by atoms with E-state index in [1.54, 1.807) is 13.2 Å². The molecule has 118 valence electrons. The highest BCUT2D eigenvalue weighted by Crippen LogP contribution is 2.19. The van der Waals surface area contributed by atoms with Crippen molar-refractivity contribution in [1.82, 2.24) is 10.3 Å². The molecule has 0 bridgehead atoms. The Morgan fingerprint density at radius 3 is 2.76 bits per heavy atom. The van der Waals surface area contributed by atoms with Crippen LogP contribution in [0.15, 0.2) is 12.1 Å². The number of nitrogens with zero attached hydrogens (tertiary/aromatic N) is 1. The highest BCUT2D eigenvalue weighted by atomic mass is 35.5. The number of pyridine rings is 1. The van der Waals surface area contributed by atoms with E-state index in [0.29, 0.717) is 23.9 Å². The predicted molar refractivity (Wildman–Crippen MR) is 85.8 cm³/mol. The third kappa shape index (κ3) is 6.44. The van der Waals surface area contributed by atoms with Crippen LogP contribution in [0.1, 0.15) is 49.7 Å². The monoisotopic (exact) mass is 312 g/mol. The Kier molecular flexibility index (Phi) is 7.12. The average Bonchev–Trinajstić information content (AvgIpc) is 2.42. The van der Waals surface area contributed by atoms with Gasteiger partial charge < -0.3 is 10.1 Å². The van der Waals surface area contributed by atoms with Crippen LogP contribution < -0.4 is 5.32 Å². The summed E-state index contributed by atoms with van der Waals surface area (Å²) in [6.45, 7) is 7.56. The molecule has 1 amide bonds. The van der Waals surface area contributed by atoms with Gasteiger partial charge in [0, 0.05) is 31.5 Å². The topological polar surface area (TPSA) is 51.2 Å². The summed E-state index contributed by atoms with van der Waals surface area (Å²) >= 11 is 5.98. The van der Waals surface area contributed by atoms with Gasteiger partial charge in [-0.2, -0.15) is 0 Å². The summed E-state index contributed by atoms with van der Waals surface area (Å²) in [5.74, 6) is -0.109. The zero-order valence-corrected chi connectivity index (χ0v) is 14.1. The van der Waals surface area contributed by atoms with E-state index in [0.717, 1.165) is 25.0 Å². The van der Waals surface area contributed by atoms with Gasteiger partial charge in [-0.15, -0.1) is 0 Å². The zero-order chi connectivity index (χ0) is 15.9. The van der Waals surface area contributed by atoms with Crippen molar-refractivity contribution in [3.05, 3.63) is 28.5 Å². The molecule has 0 aliphatic carbocycles. The molecule has 4 nitrogen and oxygen atoms in total. The van der Waals surface area contributed by atoms with Gasteiger partial charge in [-0.1, -0.05) is 38.8 Å². The number of carbonyl (C=O) groups is 1. The van der Waals surface area contributed by atoms with Crippen LogP contribution in [0.3, 0.4) is 0 Å². The molecule has 1 aromatic rings. The molecule has 1 N–H and O–H groups in total. The molecule has 0 unspecified atom stereocenters. The van der Waals surface area contributed by atoms with E-state index in [1.807, 2.05) is 6.07 Å². The predicted octanol–water partition coefficient (Wildman–Crippen LogP) is 3.48. The number of amides is 1. The normalized spacial score (nSPS) is 11.5. The lowest BCUT2D eigenvalue weighted by Gasteiger charge is -2.24. The van der Waals surface area contributed by atoms with E-state index in [-0.39, 0.29) is 11.3 Å². The molecule has 1 aromatic heterocycles. The maximum absolute atomic E-state index is 12.2. The molecule has 0 spiro atoms. The van der Waals surface area contributed by atoms with Crippen LogP contribution in [0.25, 0.3) is 0 Å². The Hall–Kier alpha value is -1.13. The van der Waals surface area contributed by atoms with Gasteiger partial charge in [0.1, 0.15) is 5.15 Å². The van der Waals surface area contributed by atoms with Gasteiger partial charge in [-0.25, -0.2) is 4.98 Å². The highest BCUT2D eigenvalue weighted by molar-refractivity contribution is 6.29. The largest absolute Gasteiger partial charge is 0.385 e. The van der Waals surface area contributed by atoms with Crippen molar-refractivity contribution < 1.29 is 9.53 Å². The van der Waals surface area contributed by atoms with Crippen LogP contribution in [0.4, 0.5) is 0 Å². The maximum Gasteiger partial charge on any atom is 0.251 e. The number of aryl methyl sites for hydroxylation is 1. The first-order chi connectivity index (χ1) is 9.88. The third-order valence-corrected chi connectivity index (χ3v) is 3.52. The van der Waals surface area contributed by atoms with Crippen LogP contribution in [0.5, 0.6) is 0 Å². The van der Waals surface area contributed by atoms with Crippen LogP contribution in [0, 0.1) is 5.41 Å². The minimum atomic E-state index is -0.109. The summed E-state index contributed by atoms with van der Waals surface area (Å²) in [4.78, 5) is 16.5. The van der Waals surface area contributed by atoms with E-state index >= 15 is 0 Å². The first kappa shape index (κ1) is 17.9. The van der Waals surface area contributed by atoms with E-state index in [1.165, 1.54) is 0 Å². The van der Waals surface area contributed by atoms with Gasteiger partial charge in [0.2, 0.25) is 0 Å². The Labute approximate surface area is 132 Å². The molecule has 0 aliphatic heterocycles. The van der Waals surface area contributed by atoms with Crippen molar-refractivity contribution in [2.45, 2.75) is 40.0 Å². The summed E-state index contributed by atoms with van der Waals surface area (Å²) in [7, 11) is 1.68. The summed E-state index contributed by atoms with van der Waals surface area (Å²) in [5, 5.41) is 3.33. The standard InChI is InChI=1S/C16H25ClN2O2/c1-5-6-13-9-12(10-14(17)19-13)15(20)18-11-16(2,3)7-8-21-4/h9-10H,5-8,11H2,1-4H3,(H,18,20). The lowest BCUT2D eigenvalue weighted by molar-refractivity contribution is 0.0920. The number of rotatable bonds is 8. The lowest BCUT2D eigenvalue weighted by atomic mass is 9.89. The maximum atomic E-state index is 12.2. The van der Waals surface area contributed by atoms with Gasteiger partial charge in [0.25, 0.3) is 5.91 Å². The van der Waals surface area contributed by atoms with Gasteiger partial charge in [-0.3, -0.25) is 4.79 Å². The Morgan fingerprint density at radius 2 is 2.14 bits per heavy atom. The highest BCUT2D eigenvalue weighted by Gasteiger charge is 2.19. The number of carbonyl (C=O) groups excluding carboxylic acids is 1. The number of aromatic nitrogens is 1. The molecule has 0 radical (unpaired) electrons. The van der Waals surface area contributed by atoms with Crippen LogP contribution >= 0.6 is 11.6 Å². The molecule has 0 aromatic carbocycles. The molecule has 0 saturated carbocycles. The quantitative estimate of drug-likeness (QED) is 0.748. The Morgan fingerprint density at radius 1 is 1.43 bits per heavy atom.